The van der Waals surface area contributed by atoms with Gasteiger partial charge < -0.3 is 10.2 Å². The van der Waals surface area contributed by atoms with Gasteiger partial charge in [0.25, 0.3) is 5.91 Å². The molecule has 1 N–H and O–H groups in total. The number of nitrogens with one attached hydrogen (secondary N) is 1. The van der Waals surface area contributed by atoms with Gasteiger partial charge in [-0.3, -0.25) is 4.79 Å². The predicted octanol–water partition coefficient (Wildman–Crippen LogP) is 3.24. The lowest BCUT2D eigenvalue weighted by molar-refractivity contribution is 0.0505. The van der Waals surface area contributed by atoms with Crippen molar-refractivity contribution in [3.8, 4) is 0 Å². The Bertz CT molecular complexity index is 860. The van der Waals surface area contributed by atoms with Crippen LogP contribution in [0.15, 0.2) is 17.0 Å². The first-order valence-electron chi connectivity index (χ1n) is 9.55. The fourth-order valence-electron chi connectivity index (χ4n) is 4.40. The average Bonchev–Trinajstić information content (AvgIpc) is 2.63. The number of carbonyl (C=O) groups excluding carboxylic acids is 1. The third kappa shape index (κ3) is 4.19. The molecule has 0 spiro atoms. The molecule has 0 radical (unpaired) electrons. The molecular formula is C19H27Cl2N3O3S. The number of piperidine rings is 1. The number of amides is 1. The number of likely N-dealkylation sites (tertiary alicyclic amines) is 1. The maximum Gasteiger partial charge on any atom is 0.253 e. The van der Waals surface area contributed by atoms with Crippen molar-refractivity contribution in [2.24, 2.45) is 5.92 Å². The minimum absolute atomic E-state index is 0.00175. The van der Waals surface area contributed by atoms with Gasteiger partial charge in [0.1, 0.15) is 4.90 Å². The zero-order valence-electron chi connectivity index (χ0n) is 16.4. The van der Waals surface area contributed by atoms with Crippen LogP contribution in [0.2, 0.25) is 10.0 Å². The van der Waals surface area contributed by atoms with Crippen LogP contribution in [-0.2, 0) is 10.0 Å². The van der Waals surface area contributed by atoms with Crippen LogP contribution in [0.1, 0.15) is 42.5 Å². The van der Waals surface area contributed by atoms with E-state index >= 15 is 0 Å². The summed E-state index contributed by atoms with van der Waals surface area (Å²) in [6.07, 6.45) is 5.52. The fraction of sp³-hybridized carbons (Fsp3) is 0.632. The number of sulfonamides is 1. The molecule has 0 bridgehead atoms. The number of benzene rings is 1. The lowest BCUT2D eigenvalue weighted by Gasteiger charge is -2.46. The Morgan fingerprint density at radius 1 is 1.14 bits per heavy atom. The minimum atomic E-state index is -3.78. The van der Waals surface area contributed by atoms with Crippen LogP contribution in [0.5, 0.6) is 0 Å². The molecule has 2 fully saturated rings. The lowest BCUT2D eigenvalue weighted by atomic mass is 9.75. The highest BCUT2D eigenvalue weighted by Crippen LogP contribution is 2.35. The van der Waals surface area contributed by atoms with E-state index in [1.54, 1.807) is 0 Å². The zero-order valence-corrected chi connectivity index (χ0v) is 18.7. The minimum Gasteiger partial charge on any atom is -0.349 e. The molecule has 2 aliphatic rings. The molecule has 6 nitrogen and oxygen atoms in total. The van der Waals surface area contributed by atoms with Crippen molar-refractivity contribution in [3.63, 3.8) is 0 Å². The Kier molecular flexibility index (Phi) is 6.61. The molecule has 1 heterocycles. The molecule has 3 rings (SSSR count). The summed E-state index contributed by atoms with van der Waals surface area (Å²) in [6.45, 7) is 0.931. The van der Waals surface area contributed by atoms with Gasteiger partial charge in [0.05, 0.1) is 15.6 Å². The van der Waals surface area contributed by atoms with Crippen LogP contribution in [-0.4, -0.2) is 63.3 Å². The molecule has 1 saturated heterocycles. The number of rotatable bonds is 4. The van der Waals surface area contributed by atoms with Gasteiger partial charge in [0, 0.05) is 32.7 Å². The zero-order chi connectivity index (χ0) is 20.6. The molecule has 1 aromatic carbocycles. The lowest BCUT2D eigenvalue weighted by Crippen LogP contribution is -2.56. The van der Waals surface area contributed by atoms with Crippen molar-refractivity contribution in [1.82, 2.24) is 14.5 Å². The Morgan fingerprint density at radius 2 is 1.82 bits per heavy atom. The molecular weight excluding hydrogens is 421 g/mol. The summed E-state index contributed by atoms with van der Waals surface area (Å²) >= 11 is 12.3. The summed E-state index contributed by atoms with van der Waals surface area (Å²) in [4.78, 5) is 15.3. The van der Waals surface area contributed by atoms with E-state index < -0.39 is 10.0 Å². The largest absolute Gasteiger partial charge is 0.349 e. The number of hydrogen-bond donors (Lipinski definition) is 1. The molecule has 1 aromatic rings. The molecule has 28 heavy (non-hydrogen) atoms. The Labute approximate surface area is 177 Å². The first-order valence-corrected chi connectivity index (χ1v) is 11.7. The monoisotopic (exact) mass is 447 g/mol. The van der Waals surface area contributed by atoms with Crippen LogP contribution in [0.4, 0.5) is 0 Å². The molecule has 1 aliphatic heterocycles. The highest BCUT2D eigenvalue weighted by Gasteiger charge is 2.38. The molecule has 0 unspecified atom stereocenters. The van der Waals surface area contributed by atoms with Gasteiger partial charge in [-0.25, -0.2) is 12.7 Å². The average molecular weight is 448 g/mol. The second-order valence-electron chi connectivity index (χ2n) is 7.91. The molecule has 156 valence electrons. The van der Waals surface area contributed by atoms with Gasteiger partial charge in [-0.05, 0) is 44.4 Å². The van der Waals surface area contributed by atoms with Crippen molar-refractivity contribution in [2.45, 2.75) is 49.1 Å². The van der Waals surface area contributed by atoms with Crippen molar-refractivity contribution in [2.75, 3.05) is 27.7 Å². The number of halogens is 2. The van der Waals surface area contributed by atoms with Crippen molar-refractivity contribution in [3.05, 3.63) is 27.7 Å². The van der Waals surface area contributed by atoms with Crippen molar-refractivity contribution in [1.29, 1.82) is 0 Å². The molecule has 3 atom stereocenters. The number of nitrogens with zero attached hydrogens (tertiary/aromatic N) is 2. The van der Waals surface area contributed by atoms with E-state index in [2.05, 4.69) is 17.3 Å². The third-order valence-electron chi connectivity index (χ3n) is 6.00. The van der Waals surface area contributed by atoms with Gasteiger partial charge in [-0.1, -0.05) is 36.0 Å². The summed E-state index contributed by atoms with van der Waals surface area (Å²) in [5.41, 5.74) is 0.137. The molecule has 1 saturated carbocycles. The SMILES string of the molecule is CN1CC[C@H](NC(=O)c2cc(S(=O)(=O)N(C)C)c(Cl)cc2Cl)[C@H]2CCCC[C@H]21. The third-order valence-corrected chi connectivity index (χ3v) is 8.59. The van der Waals surface area contributed by atoms with E-state index in [0.717, 1.165) is 30.1 Å². The van der Waals surface area contributed by atoms with Crippen LogP contribution < -0.4 is 5.32 Å². The molecule has 9 heteroatoms. The van der Waals surface area contributed by atoms with Gasteiger partial charge in [-0.15, -0.1) is 0 Å². The smallest absolute Gasteiger partial charge is 0.253 e. The second kappa shape index (κ2) is 8.48. The highest BCUT2D eigenvalue weighted by atomic mass is 35.5. The van der Waals surface area contributed by atoms with E-state index in [0.29, 0.717) is 12.0 Å². The van der Waals surface area contributed by atoms with E-state index in [1.165, 1.54) is 39.1 Å². The fourth-order valence-corrected chi connectivity index (χ4v) is 6.13. The predicted molar refractivity (Wildman–Crippen MR) is 112 cm³/mol. The quantitative estimate of drug-likeness (QED) is 0.768. The summed E-state index contributed by atoms with van der Waals surface area (Å²) < 4.78 is 26.1. The number of fused-ring (bicyclic) bond motifs is 1. The van der Waals surface area contributed by atoms with Gasteiger partial charge >= 0.3 is 0 Å². The van der Waals surface area contributed by atoms with Crippen LogP contribution in [0, 0.1) is 5.92 Å². The highest BCUT2D eigenvalue weighted by molar-refractivity contribution is 7.89. The van der Waals surface area contributed by atoms with Crippen LogP contribution in [0.25, 0.3) is 0 Å². The van der Waals surface area contributed by atoms with Gasteiger partial charge in [0.15, 0.2) is 0 Å². The summed E-state index contributed by atoms with van der Waals surface area (Å²) in [5, 5.41) is 3.27. The van der Waals surface area contributed by atoms with E-state index in [-0.39, 0.29) is 32.5 Å². The standard InChI is InChI=1S/C19H27Cl2N3O3S/c1-23(2)28(26,27)18-10-13(14(20)11-15(18)21)19(25)22-16-8-9-24(3)17-7-5-4-6-12(16)17/h10-12,16-17H,4-9H2,1-3H3,(H,22,25)/t12-,16+,17-/m1/s1. The summed E-state index contributed by atoms with van der Waals surface area (Å²) in [6, 6.07) is 3.16. The molecule has 1 amide bonds. The van der Waals surface area contributed by atoms with Crippen LogP contribution in [0.3, 0.4) is 0 Å². The number of carbonyl (C=O) groups is 1. The molecule has 0 aromatic heterocycles. The van der Waals surface area contributed by atoms with E-state index in [9.17, 15) is 13.2 Å². The van der Waals surface area contributed by atoms with E-state index in [4.69, 9.17) is 23.2 Å². The van der Waals surface area contributed by atoms with E-state index in [1.807, 2.05) is 0 Å². The van der Waals surface area contributed by atoms with Crippen molar-refractivity contribution < 1.29 is 13.2 Å². The van der Waals surface area contributed by atoms with Gasteiger partial charge in [0.2, 0.25) is 10.0 Å². The second-order valence-corrected chi connectivity index (χ2v) is 10.8. The first-order chi connectivity index (χ1) is 13.1. The Hall–Kier alpha value is -0.860. The number of hydrogen-bond acceptors (Lipinski definition) is 4. The summed E-state index contributed by atoms with van der Waals surface area (Å²) in [7, 11) is 1.20. The van der Waals surface area contributed by atoms with Crippen LogP contribution >= 0.6 is 23.2 Å². The molecule has 1 aliphatic carbocycles. The summed E-state index contributed by atoms with van der Waals surface area (Å²) in [5.74, 6) is 0.0586. The maximum absolute atomic E-state index is 13.0. The van der Waals surface area contributed by atoms with Crippen molar-refractivity contribution >= 4 is 39.1 Å². The van der Waals surface area contributed by atoms with Gasteiger partial charge in [-0.2, -0.15) is 0 Å². The normalized spacial score (nSPS) is 26.1. The first kappa shape index (κ1) is 21.8. The topological polar surface area (TPSA) is 69.7 Å². The Morgan fingerprint density at radius 3 is 2.50 bits per heavy atom. The maximum atomic E-state index is 13.0. The Balaban J connectivity index is 1.86.